The van der Waals surface area contributed by atoms with E-state index in [4.69, 9.17) is 27.2 Å². The van der Waals surface area contributed by atoms with Gasteiger partial charge >= 0.3 is 0 Å². The fourth-order valence-corrected chi connectivity index (χ4v) is 1.86. The predicted octanol–water partition coefficient (Wildman–Crippen LogP) is 1.05. The van der Waals surface area contributed by atoms with Gasteiger partial charge < -0.3 is 20.9 Å². The van der Waals surface area contributed by atoms with E-state index in [1.165, 1.54) is 7.11 Å². The van der Waals surface area contributed by atoms with Crippen molar-refractivity contribution in [1.82, 2.24) is 5.32 Å². The Labute approximate surface area is 111 Å². The lowest BCUT2D eigenvalue weighted by atomic mass is 10.1. The largest absolute Gasteiger partial charge is 0.398 e. The van der Waals surface area contributed by atoms with E-state index in [0.29, 0.717) is 23.7 Å². The van der Waals surface area contributed by atoms with Crippen LogP contribution in [0.25, 0.3) is 0 Å². The standard InChI is InChI=1S/C12H17ClN2O3/c1-18-7-8(5-6-16)15-12(17)11-9(13)3-2-4-10(11)14/h2-4,8,16H,5-7,14H2,1H3,(H,15,17). The van der Waals surface area contributed by atoms with Gasteiger partial charge in [0.15, 0.2) is 0 Å². The van der Waals surface area contributed by atoms with Crippen molar-refractivity contribution < 1.29 is 14.6 Å². The van der Waals surface area contributed by atoms with E-state index in [1.54, 1.807) is 18.2 Å². The van der Waals surface area contributed by atoms with Crippen molar-refractivity contribution in [2.45, 2.75) is 12.5 Å². The van der Waals surface area contributed by atoms with E-state index in [0.717, 1.165) is 0 Å². The molecular weight excluding hydrogens is 256 g/mol. The van der Waals surface area contributed by atoms with Crippen molar-refractivity contribution in [3.63, 3.8) is 0 Å². The number of hydrogen-bond donors (Lipinski definition) is 3. The zero-order valence-electron chi connectivity index (χ0n) is 10.1. The Morgan fingerprint density at radius 1 is 1.61 bits per heavy atom. The van der Waals surface area contributed by atoms with Crippen LogP contribution in [0.15, 0.2) is 18.2 Å². The second-order valence-electron chi connectivity index (χ2n) is 3.84. The van der Waals surface area contributed by atoms with Crippen LogP contribution >= 0.6 is 11.6 Å². The molecule has 0 aromatic heterocycles. The number of ether oxygens (including phenoxy) is 1. The van der Waals surface area contributed by atoms with Crippen molar-refractivity contribution in [3.8, 4) is 0 Å². The number of halogens is 1. The first kappa shape index (κ1) is 14.8. The molecule has 0 fully saturated rings. The highest BCUT2D eigenvalue weighted by atomic mass is 35.5. The number of amides is 1. The molecule has 18 heavy (non-hydrogen) atoms. The molecule has 6 heteroatoms. The number of hydrogen-bond acceptors (Lipinski definition) is 4. The number of rotatable bonds is 6. The van der Waals surface area contributed by atoms with E-state index in [-0.39, 0.29) is 24.1 Å². The summed E-state index contributed by atoms with van der Waals surface area (Å²) in [5.74, 6) is -0.367. The molecule has 1 rings (SSSR count). The summed E-state index contributed by atoms with van der Waals surface area (Å²) in [6, 6.07) is 4.61. The minimum atomic E-state index is -0.367. The number of nitrogens with one attached hydrogen (secondary N) is 1. The Bertz CT molecular complexity index is 386. The molecule has 0 radical (unpaired) electrons. The van der Waals surface area contributed by atoms with Gasteiger partial charge in [0.05, 0.1) is 23.2 Å². The molecule has 0 aliphatic rings. The highest BCUT2D eigenvalue weighted by Crippen LogP contribution is 2.21. The number of nitrogen functional groups attached to an aromatic ring is 1. The molecule has 0 bridgehead atoms. The molecule has 0 aliphatic heterocycles. The van der Waals surface area contributed by atoms with Crippen molar-refractivity contribution in [2.75, 3.05) is 26.1 Å². The SMILES string of the molecule is COCC(CCO)NC(=O)c1c(N)cccc1Cl. The Kier molecular flexibility index (Phi) is 5.91. The van der Waals surface area contributed by atoms with Crippen molar-refractivity contribution >= 4 is 23.2 Å². The first-order valence-corrected chi connectivity index (χ1v) is 5.92. The molecule has 1 amide bonds. The third kappa shape index (κ3) is 3.87. The fraction of sp³-hybridized carbons (Fsp3) is 0.417. The third-order valence-electron chi connectivity index (χ3n) is 2.45. The molecule has 0 aliphatic carbocycles. The molecule has 1 aromatic carbocycles. The van der Waals surface area contributed by atoms with Gasteiger partial charge in [-0.2, -0.15) is 0 Å². The average Bonchev–Trinajstić information content (AvgIpc) is 2.29. The first-order chi connectivity index (χ1) is 8.60. The highest BCUT2D eigenvalue weighted by molar-refractivity contribution is 6.34. The molecule has 1 aromatic rings. The Hall–Kier alpha value is -1.30. The maximum Gasteiger partial charge on any atom is 0.255 e. The molecular formula is C12H17ClN2O3. The van der Waals surface area contributed by atoms with Crippen LogP contribution in [-0.4, -0.2) is 37.4 Å². The van der Waals surface area contributed by atoms with Crippen LogP contribution in [0.5, 0.6) is 0 Å². The van der Waals surface area contributed by atoms with E-state index >= 15 is 0 Å². The predicted molar refractivity (Wildman–Crippen MR) is 70.7 cm³/mol. The van der Waals surface area contributed by atoms with Crippen molar-refractivity contribution in [2.24, 2.45) is 0 Å². The molecule has 1 unspecified atom stereocenters. The van der Waals surface area contributed by atoms with Gasteiger partial charge in [0.1, 0.15) is 0 Å². The van der Waals surface area contributed by atoms with Gasteiger partial charge in [0.25, 0.3) is 5.91 Å². The fourth-order valence-electron chi connectivity index (χ4n) is 1.59. The van der Waals surface area contributed by atoms with Gasteiger partial charge in [-0.3, -0.25) is 4.79 Å². The highest BCUT2D eigenvalue weighted by Gasteiger charge is 2.17. The smallest absolute Gasteiger partial charge is 0.255 e. The van der Waals surface area contributed by atoms with E-state index in [9.17, 15) is 4.79 Å². The summed E-state index contributed by atoms with van der Waals surface area (Å²) >= 11 is 5.94. The maximum atomic E-state index is 12.0. The third-order valence-corrected chi connectivity index (χ3v) is 2.77. The number of benzene rings is 1. The monoisotopic (exact) mass is 272 g/mol. The summed E-state index contributed by atoms with van der Waals surface area (Å²) in [4.78, 5) is 12.0. The van der Waals surface area contributed by atoms with Gasteiger partial charge in [-0.15, -0.1) is 0 Å². The molecule has 0 saturated heterocycles. The van der Waals surface area contributed by atoms with Crippen molar-refractivity contribution in [1.29, 1.82) is 0 Å². The number of anilines is 1. The summed E-state index contributed by atoms with van der Waals surface area (Å²) in [5.41, 5.74) is 6.29. The average molecular weight is 273 g/mol. The van der Waals surface area contributed by atoms with Gasteiger partial charge in [-0.25, -0.2) is 0 Å². The Morgan fingerprint density at radius 2 is 2.33 bits per heavy atom. The number of carbonyl (C=O) groups is 1. The summed E-state index contributed by atoms with van der Waals surface area (Å²) in [6.45, 7) is 0.281. The lowest BCUT2D eigenvalue weighted by Crippen LogP contribution is -2.39. The topological polar surface area (TPSA) is 84.6 Å². The Balaban J connectivity index is 2.80. The molecule has 5 nitrogen and oxygen atoms in total. The van der Waals surface area contributed by atoms with Gasteiger partial charge in [-0.05, 0) is 18.6 Å². The summed E-state index contributed by atoms with van der Waals surface area (Å²) in [5, 5.41) is 11.9. The zero-order valence-corrected chi connectivity index (χ0v) is 10.9. The number of nitrogens with two attached hydrogens (primary N) is 1. The number of methoxy groups -OCH3 is 1. The van der Waals surface area contributed by atoms with Crippen LogP contribution in [-0.2, 0) is 4.74 Å². The number of aliphatic hydroxyl groups is 1. The van der Waals surface area contributed by atoms with Crippen LogP contribution in [0.2, 0.25) is 5.02 Å². The molecule has 0 saturated carbocycles. The van der Waals surface area contributed by atoms with E-state index in [2.05, 4.69) is 5.32 Å². The Morgan fingerprint density at radius 3 is 2.89 bits per heavy atom. The minimum absolute atomic E-state index is 0.0354. The maximum absolute atomic E-state index is 12.0. The van der Waals surface area contributed by atoms with Crippen LogP contribution in [0.1, 0.15) is 16.8 Å². The van der Waals surface area contributed by atoms with Gasteiger partial charge in [-0.1, -0.05) is 17.7 Å². The van der Waals surface area contributed by atoms with Gasteiger partial charge in [0.2, 0.25) is 0 Å². The minimum Gasteiger partial charge on any atom is -0.398 e. The first-order valence-electron chi connectivity index (χ1n) is 5.54. The second-order valence-corrected chi connectivity index (χ2v) is 4.25. The van der Waals surface area contributed by atoms with Crippen LogP contribution in [0.3, 0.4) is 0 Å². The van der Waals surface area contributed by atoms with E-state index in [1.807, 2.05) is 0 Å². The zero-order chi connectivity index (χ0) is 13.5. The summed E-state index contributed by atoms with van der Waals surface area (Å²) in [7, 11) is 1.53. The van der Waals surface area contributed by atoms with Gasteiger partial charge in [0, 0.05) is 19.4 Å². The summed E-state index contributed by atoms with van der Waals surface area (Å²) < 4.78 is 4.96. The number of carbonyl (C=O) groups excluding carboxylic acids is 1. The lowest BCUT2D eigenvalue weighted by Gasteiger charge is -2.17. The van der Waals surface area contributed by atoms with Crippen LogP contribution < -0.4 is 11.1 Å². The van der Waals surface area contributed by atoms with Crippen LogP contribution in [0.4, 0.5) is 5.69 Å². The van der Waals surface area contributed by atoms with Crippen LogP contribution in [0, 0.1) is 0 Å². The molecule has 100 valence electrons. The lowest BCUT2D eigenvalue weighted by molar-refractivity contribution is 0.0880. The van der Waals surface area contributed by atoms with Crippen molar-refractivity contribution in [3.05, 3.63) is 28.8 Å². The normalized spacial score (nSPS) is 12.2. The molecule has 1 atom stereocenters. The quantitative estimate of drug-likeness (QED) is 0.676. The van der Waals surface area contributed by atoms with E-state index < -0.39 is 0 Å². The number of aliphatic hydroxyl groups excluding tert-OH is 1. The second kappa shape index (κ2) is 7.20. The molecule has 0 heterocycles. The molecule has 0 spiro atoms. The summed E-state index contributed by atoms with van der Waals surface area (Å²) in [6.07, 6.45) is 0.407. The molecule has 4 N–H and O–H groups in total.